The third-order valence-corrected chi connectivity index (χ3v) is 3.66. The van der Waals surface area contributed by atoms with Crippen LogP contribution in [0.15, 0.2) is 53.5 Å². The molecule has 0 atom stereocenters. The van der Waals surface area contributed by atoms with Crippen LogP contribution in [0.4, 0.5) is 0 Å². The molecule has 0 bridgehead atoms. The van der Waals surface area contributed by atoms with Gasteiger partial charge in [-0.2, -0.15) is 0 Å². The molecular formula is C19H26IN3O2. The first kappa shape index (κ1) is 21.1. The van der Waals surface area contributed by atoms with Crippen LogP contribution in [0.5, 0.6) is 11.5 Å². The summed E-state index contributed by atoms with van der Waals surface area (Å²) in [6.45, 7) is 1.30. The second-order valence-electron chi connectivity index (χ2n) is 5.66. The minimum Gasteiger partial charge on any atom is -0.504 e. The molecule has 0 aliphatic carbocycles. The van der Waals surface area contributed by atoms with Crippen molar-refractivity contribution in [3.8, 4) is 11.5 Å². The number of nitrogens with zero attached hydrogens (tertiary/aromatic N) is 2. The summed E-state index contributed by atoms with van der Waals surface area (Å²) in [6.07, 6.45) is 0.682. The fraction of sp³-hybridized carbons (Fsp3) is 0.316. The molecule has 136 valence electrons. The van der Waals surface area contributed by atoms with E-state index < -0.39 is 0 Å². The van der Waals surface area contributed by atoms with E-state index in [1.54, 1.807) is 13.2 Å². The van der Waals surface area contributed by atoms with Crippen molar-refractivity contribution in [1.29, 1.82) is 0 Å². The molecule has 0 fully saturated rings. The highest BCUT2D eigenvalue weighted by Gasteiger charge is 2.08. The molecular weight excluding hydrogens is 429 g/mol. The van der Waals surface area contributed by atoms with Gasteiger partial charge in [-0.3, -0.25) is 0 Å². The lowest BCUT2D eigenvalue weighted by atomic mass is 10.1. The van der Waals surface area contributed by atoms with E-state index in [0.29, 0.717) is 25.3 Å². The fourth-order valence-electron chi connectivity index (χ4n) is 2.35. The molecule has 0 aromatic heterocycles. The molecule has 0 saturated carbocycles. The second kappa shape index (κ2) is 10.8. The summed E-state index contributed by atoms with van der Waals surface area (Å²) < 4.78 is 5.14. The summed E-state index contributed by atoms with van der Waals surface area (Å²) in [4.78, 5) is 6.58. The Morgan fingerprint density at radius 3 is 2.48 bits per heavy atom. The van der Waals surface area contributed by atoms with E-state index in [1.165, 1.54) is 5.56 Å². The van der Waals surface area contributed by atoms with Crippen molar-refractivity contribution in [2.24, 2.45) is 4.99 Å². The van der Waals surface area contributed by atoms with Crippen LogP contribution in [-0.4, -0.2) is 43.7 Å². The normalized spacial score (nSPS) is 10.8. The molecule has 0 amide bonds. The van der Waals surface area contributed by atoms with Gasteiger partial charge in [-0.15, -0.1) is 24.0 Å². The largest absolute Gasteiger partial charge is 0.504 e. The first-order chi connectivity index (χ1) is 11.6. The average molecular weight is 455 g/mol. The van der Waals surface area contributed by atoms with E-state index in [0.717, 1.165) is 11.5 Å². The molecule has 0 unspecified atom stereocenters. The summed E-state index contributed by atoms with van der Waals surface area (Å²) >= 11 is 0. The van der Waals surface area contributed by atoms with Crippen molar-refractivity contribution < 1.29 is 9.84 Å². The maximum Gasteiger partial charge on any atom is 0.193 e. The Hall–Kier alpha value is -1.96. The molecule has 0 heterocycles. The molecule has 2 aromatic rings. The predicted molar refractivity (Wildman–Crippen MR) is 113 cm³/mol. The Bertz CT molecular complexity index is 676. The van der Waals surface area contributed by atoms with Crippen LogP contribution in [0.1, 0.15) is 11.1 Å². The Kier molecular flexibility index (Phi) is 9.12. The third-order valence-electron chi connectivity index (χ3n) is 3.66. The van der Waals surface area contributed by atoms with Crippen molar-refractivity contribution in [2.45, 2.75) is 13.0 Å². The number of hydrogen-bond donors (Lipinski definition) is 2. The standard InChI is InChI=1S/C19H25N3O2.HI/c1-22(2)19(21-14-15-8-5-4-6-9-15)20-13-12-16-10-7-11-17(24-3)18(16)23;/h4-11,23H,12-14H2,1-3H3,(H,20,21);1H. The highest BCUT2D eigenvalue weighted by atomic mass is 127. The number of hydrogen-bond acceptors (Lipinski definition) is 3. The van der Waals surface area contributed by atoms with E-state index in [2.05, 4.69) is 22.4 Å². The first-order valence-corrected chi connectivity index (χ1v) is 7.96. The number of nitrogens with one attached hydrogen (secondary N) is 1. The third kappa shape index (κ3) is 6.45. The number of benzene rings is 2. The molecule has 2 rings (SSSR count). The maximum atomic E-state index is 10.1. The SMILES string of the molecule is COc1cccc(CCNC(=NCc2ccccc2)N(C)C)c1O.I. The molecule has 0 aliphatic heterocycles. The van der Waals surface area contributed by atoms with E-state index >= 15 is 0 Å². The van der Waals surface area contributed by atoms with Gasteiger partial charge >= 0.3 is 0 Å². The number of phenols is 1. The van der Waals surface area contributed by atoms with Crippen molar-refractivity contribution in [2.75, 3.05) is 27.7 Å². The van der Waals surface area contributed by atoms with Crippen LogP contribution in [0.2, 0.25) is 0 Å². The van der Waals surface area contributed by atoms with Gasteiger partial charge in [0.05, 0.1) is 13.7 Å². The lowest BCUT2D eigenvalue weighted by Crippen LogP contribution is -2.37. The second-order valence-corrected chi connectivity index (χ2v) is 5.66. The average Bonchev–Trinajstić information content (AvgIpc) is 2.59. The summed E-state index contributed by atoms with van der Waals surface area (Å²) in [7, 11) is 5.47. The van der Waals surface area contributed by atoms with E-state index in [4.69, 9.17) is 4.74 Å². The minimum atomic E-state index is 0. The van der Waals surface area contributed by atoms with Crippen molar-refractivity contribution >= 4 is 29.9 Å². The number of methoxy groups -OCH3 is 1. The first-order valence-electron chi connectivity index (χ1n) is 7.96. The van der Waals surface area contributed by atoms with Gasteiger partial charge in [-0.05, 0) is 23.6 Å². The van der Waals surface area contributed by atoms with Gasteiger partial charge in [0.1, 0.15) is 0 Å². The van der Waals surface area contributed by atoms with Crippen LogP contribution in [0.3, 0.4) is 0 Å². The predicted octanol–water partition coefficient (Wildman–Crippen LogP) is 3.27. The van der Waals surface area contributed by atoms with Crippen LogP contribution in [-0.2, 0) is 13.0 Å². The van der Waals surface area contributed by atoms with Gasteiger partial charge in [0, 0.05) is 20.6 Å². The molecule has 25 heavy (non-hydrogen) atoms. The molecule has 2 aromatic carbocycles. The van der Waals surface area contributed by atoms with Gasteiger partial charge in [0.2, 0.25) is 0 Å². The Labute approximate surface area is 166 Å². The molecule has 6 heteroatoms. The topological polar surface area (TPSA) is 57.1 Å². The fourth-order valence-corrected chi connectivity index (χ4v) is 2.35. The molecule has 0 spiro atoms. The van der Waals surface area contributed by atoms with Gasteiger partial charge in [0.15, 0.2) is 17.5 Å². The Morgan fingerprint density at radius 1 is 1.12 bits per heavy atom. The summed E-state index contributed by atoms with van der Waals surface area (Å²) in [5, 5.41) is 13.4. The quantitative estimate of drug-likeness (QED) is 0.399. The highest BCUT2D eigenvalue weighted by Crippen LogP contribution is 2.29. The lowest BCUT2D eigenvalue weighted by molar-refractivity contribution is 0.370. The van der Waals surface area contributed by atoms with E-state index in [9.17, 15) is 5.11 Å². The number of halogens is 1. The molecule has 5 nitrogen and oxygen atoms in total. The van der Waals surface area contributed by atoms with Crippen molar-refractivity contribution in [3.63, 3.8) is 0 Å². The maximum absolute atomic E-state index is 10.1. The van der Waals surface area contributed by atoms with Crippen LogP contribution in [0.25, 0.3) is 0 Å². The van der Waals surface area contributed by atoms with E-state index in [-0.39, 0.29) is 29.7 Å². The Morgan fingerprint density at radius 2 is 1.84 bits per heavy atom. The molecule has 0 saturated heterocycles. The number of aliphatic imine (C=N–C) groups is 1. The summed E-state index contributed by atoms with van der Waals surface area (Å²) in [5.41, 5.74) is 2.02. The highest BCUT2D eigenvalue weighted by molar-refractivity contribution is 14.0. The van der Waals surface area contributed by atoms with Gasteiger partial charge in [0.25, 0.3) is 0 Å². The van der Waals surface area contributed by atoms with Crippen molar-refractivity contribution in [1.82, 2.24) is 10.2 Å². The summed E-state index contributed by atoms with van der Waals surface area (Å²) in [6, 6.07) is 15.7. The number of guanidine groups is 1. The minimum absolute atomic E-state index is 0. The molecule has 0 aliphatic rings. The number of rotatable bonds is 6. The van der Waals surface area contributed by atoms with Crippen LogP contribution >= 0.6 is 24.0 Å². The molecule has 2 N–H and O–H groups in total. The number of para-hydroxylation sites is 1. The smallest absolute Gasteiger partial charge is 0.193 e. The zero-order valence-electron chi connectivity index (χ0n) is 14.9. The van der Waals surface area contributed by atoms with Gasteiger partial charge in [-0.25, -0.2) is 4.99 Å². The number of aromatic hydroxyl groups is 1. The van der Waals surface area contributed by atoms with Gasteiger partial charge < -0.3 is 20.1 Å². The Balaban J connectivity index is 0.00000312. The number of ether oxygens (including phenoxy) is 1. The monoisotopic (exact) mass is 455 g/mol. The number of phenolic OH excluding ortho intramolecular Hbond substituents is 1. The molecule has 0 radical (unpaired) electrons. The summed E-state index contributed by atoms with van der Waals surface area (Å²) in [5.74, 6) is 1.52. The zero-order valence-corrected chi connectivity index (χ0v) is 17.2. The van der Waals surface area contributed by atoms with Crippen molar-refractivity contribution in [3.05, 3.63) is 59.7 Å². The lowest BCUT2D eigenvalue weighted by Gasteiger charge is -2.18. The van der Waals surface area contributed by atoms with Gasteiger partial charge in [-0.1, -0.05) is 42.5 Å². The van der Waals surface area contributed by atoms with E-state index in [1.807, 2.05) is 49.3 Å². The van der Waals surface area contributed by atoms with Crippen LogP contribution < -0.4 is 10.1 Å². The zero-order chi connectivity index (χ0) is 17.4. The van der Waals surface area contributed by atoms with Crippen LogP contribution in [0, 0.1) is 0 Å².